The van der Waals surface area contributed by atoms with E-state index in [1.165, 1.54) is 0 Å². The Labute approximate surface area is 161 Å². The largest absolute Gasteiger partial charge is 0.481 e. The molecule has 2 heterocycles. The minimum absolute atomic E-state index is 0.0280. The van der Waals surface area contributed by atoms with Crippen LogP contribution in [-0.4, -0.2) is 53.1 Å². The molecule has 0 radical (unpaired) electrons. The number of carbonyl (C=O) groups excluding carboxylic acids is 1. The number of aromatic nitrogens is 2. The number of hydrogen-bond acceptors (Lipinski definition) is 5. The molecule has 1 aromatic carbocycles. The van der Waals surface area contributed by atoms with Gasteiger partial charge in [-0.3, -0.25) is 4.79 Å². The minimum Gasteiger partial charge on any atom is -0.481 e. The second-order valence-electron chi connectivity index (χ2n) is 7.27. The van der Waals surface area contributed by atoms with E-state index in [0.717, 1.165) is 36.2 Å². The molecule has 0 spiro atoms. The molecular formula is C21H28N4O2. The molecule has 6 nitrogen and oxygen atoms in total. The van der Waals surface area contributed by atoms with Crippen LogP contribution in [0.4, 0.5) is 5.82 Å². The molecule has 1 fully saturated rings. The number of rotatable bonds is 5. The van der Waals surface area contributed by atoms with E-state index in [0.29, 0.717) is 19.0 Å². The van der Waals surface area contributed by atoms with E-state index in [1.807, 2.05) is 55.1 Å². The van der Waals surface area contributed by atoms with Gasteiger partial charge in [-0.05, 0) is 26.0 Å². The Bertz CT molecular complexity index is 771. The first kappa shape index (κ1) is 19.1. The van der Waals surface area contributed by atoms with E-state index in [1.54, 1.807) is 0 Å². The Morgan fingerprint density at radius 1 is 1.04 bits per heavy atom. The fourth-order valence-corrected chi connectivity index (χ4v) is 3.16. The molecule has 1 amide bonds. The number of carbonyl (C=O) groups is 1. The minimum atomic E-state index is -0.493. The molecule has 144 valence electrons. The molecule has 27 heavy (non-hydrogen) atoms. The number of nitrogens with zero attached hydrogens (tertiary/aromatic N) is 4. The van der Waals surface area contributed by atoms with Crippen LogP contribution in [-0.2, 0) is 4.79 Å². The molecule has 0 unspecified atom stereocenters. The molecule has 0 bridgehead atoms. The van der Waals surface area contributed by atoms with Crippen molar-refractivity contribution in [3.8, 4) is 5.75 Å². The zero-order valence-corrected chi connectivity index (χ0v) is 16.6. The number of amides is 1. The second kappa shape index (κ2) is 8.37. The Balaban J connectivity index is 1.59. The number of anilines is 1. The number of benzene rings is 1. The normalized spacial score (nSPS) is 15.7. The first-order chi connectivity index (χ1) is 12.9. The van der Waals surface area contributed by atoms with Gasteiger partial charge in [-0.1, -0.05) is 32.0 Å². The van der Waals surface area contributed by atoms with Gasteiger partial charge in [-0.2, -0.15) is 0 Å². The van der Waals surface area contributed by atoms with Gasteiger partial charge in [0.25, 0.3) is 5.91 Å². The monoisotopic (exact) mass is 368 g/mol. The van der Waals surface area contributed by atoms with E-state index in [9.17, 15) is 4.79 Å². The molecule has 1 aliphatic heterocycles. The zero-order valence-electron chi connectivity index (χ0n) is 16.6. The Hall–Kier alpha value is -2.63. The van der Waals surface area contributed by atoms with E-state index in [4.69, 9.17) is 9.72 Å². The van der Waals surface area contributed by atoms with Crippen molar-refractivity contribution in [2.75, 3.05) is 31.1 Å². The number of hydrogen-bond donors (Lipinski definition) is 0. The molecule has 2 aromatic rings. The lowest BCUT2D eigenvalue weighted by Crippen LogP contribution is -2.52. The van der Waals surface area contributed by atoms with Crippen LogP contribution in [0.3, 0.4) is 0 Å². The summed E-state index contributed by atoms with van der Waals surface area (Å²) in [5.41, 5.74) is 0.979. The first-order valence-electron chi connectivity index (χ1n) is 9.55. The highest BCUT2D eigenvalue weighted by atomic mass is 16.5. The lowest BCUT2D eigenvalue weighted by atomic mass is 10.2. The summed E-state index contributed by atoms with van der Waals surface area (Å²) in [7, 11) is 0. The van der Waals surface area contributed by atoms with Gasteiger partial charge in [0, 0.05) is 43.9 Å². The predicted octanol–water partition coefficient (Wildman–Crippen LogP) is 3.02. The van der Waals surface area contributed by atoms with E-state index in [-0.39, 0.29) is 5.91 Å². The van der Waals surface area contributed by atoms with Gasteiger partial charge in [-0.15, -0.1) is 0 Å². The van der Waals surface area contributed by atoms with Crippen LogP contribution in [0.15, 0.2) is 36.4 Å². The summed E-state index contributed by atoms with van der Waals surface area (Å²) in [6, 6.07) is 11.5. The highest BCUT2D eigenvalue weighted by Crippen LogP contribution is 2.19. The van der Waals surface area contributed by atoms with E-state index in [2.05, 4.69) is 23.7 Å². The molecular weight excluding hydrogens is 340 g/mol. The summed E-state index contributed by atoms with van der Waals surface area (Å²) >= 11 is 0. The van der Waals surface area contributed by atoms with Gasteiger partial charge < -0.3 is 14.5 Å². The Morgan fingerprint density at radius 3 is 2.33 bits per heavy atom. The van der Waals surface area contributed by atoms with Crippen molar-refractivity contribution >= 4 is 11.7 Å². The molecule has 1 aliphatic rings. The molecule has 1 saturated heterocycles. The molecule has 3 rings (SSSR count). The average Bonchev–Trinajstić information content (AvgIpc) is 2.67. The van der Waals surface area contributed by atoms with Crippen molar-refractivity contribution in [1.82, 2.24) is 14.9 Å². The van der Waals surface area contributed by atoms with Crippen molar-refractivity contribution in [3.63, 3.8) is 0 Å². The van der Waals surface area contributed by atoms with Crippen LogP contribution in [0.25, 0.3) is 0 Å². The van der Waals surface area contributed by atoms with Crippen LogP contribution in [0.1, 0.15) is 38.2 Å². The van der Waals surface area contributed by atoms with E-state index < -0.39 is 6.10 Å². The van der Waals surface area contributed by atoms with Crippen molar-refractivity contribution in [2.45, 2.75) is 39.7 Å². The van der Waals surface area contributed by atoms with Crippen molar-refractivity contribution in [2.24, 2.45) is 0 Å². The quantitative estimate of drug-likeness (QED) is 0.812. The van der Waals surface area contributed by atoms with Crippen molar-refractivity contribution in [1.29, 1.82) is 0 Å². The summed E-state index contributed by atoms with van der Waals surface area (Å²) in [6.07, 6.45) is -0.493. The summed E-state index contributed by atoms with van der Waals surface area (Å²) < 4.78 is 5.77. The van der Waals surface area contributed by atoms with Gasteiger partial charge >= 0.3 is 0 Å². The number of piperazine rings is 1. The summed E-state index contributed by atoms with van der Waals surface area (Å²) in [4.78, 5) is 26.0. The highest BCUT2D eigenvalue weighted by Gasteiger charge is 2.27. The van der Waals surface area contributed by atoms with Crippen molar-refractivity contribution in [3.05, 3.63) is 47.9 Å². The number of ether oxygens (including phenoxy) is 1. The van der Waals surface area contributed by atoms with Gasteiger partial charge in [0.1, 0.15) is 17.4 Å². The lowest BCUT2D eigenvalue weighted by Gasteiger charge is -2.36. The van der Waals surface area contributed by atoms with Gasteiger partial charge in [-0.25, -0.2) is 9.97 Å². The smallest absolute Gasteiger partial charge is 0.263 e. The summed E-state index contributed by atoms with van der Waals surface area (Å²) in [6.45, 7) is 10.9. The van der Waals surface area contributed by atoms with Gasteiger partial charge in [0.15, 0.2) is 6.10 Å². The molecule has 0 saturated carbocycles. The van der Waals surface area contributed by atoms with Gasteiger partial charge in [0.05, 0.1) is 0 Å². The predicted molar refractivity (Wildman–Crippen MR) is 106 cm³/mol. The van der Waals surface area contributed by atoms with Crippen LogP contribution in [0.5, 0.6) is 5.75 Å². The third-order valence-electron chi connectivity index (χ3n) is 4.69. The average molecular weight is 368 g/mol. The van der Waals surface area contributed by atoms with Crippen LogP contribution >= 0.6 is 0 Å². The third kappa shape index (κ3) is 4.76. The Kier molecular flexibility index (Phi) is 5.94. The third-order valence-corrected chi connectivity index (χ3v) is 4.69. The standard InChI is InChI=1S/C21H28N4O2/c1-15(2)20-22-16(3)14-19(23-20)24-10-12-25(13-11-24)21(26)17(4)27-18-8-6-5-7-9-18/h5-9,14-15,17H,10-13H2,1-4H3/t17-/m0/s1. The summed E-state index contributed by atoms with van der Waals surface area (Å²) in [5.74, 6) is 2.86. The van der Waals surface area contributed by atoms with Crippen LogP contribution in [0.2, 0.25) is 0 Å². The summed E-state index contributed by atoms with van der Waals surface area (Å²) in [5, 5.41) is 0. The van der Waals surface area contributed by atoms with E-state index >= 15 is 0 Å². The Morgan fingerprint density at radius 2 is 1.70 bits per heavy atom. The number of para-hydroxylation sites is 1. The lowest BCUT2D eigenvalue weighted by molar-refractivity contribution is -0.138. The molecule has 1 aromatic heterocycles. The molecule has 1 atom stereocenters. The zero-order chi connectivity index (χ0) is 19.4. The topological polar surface area (TPSA) is 58.6 Å². The molecule has 0 aliphatic carbocycles. The maximum Gasteiger partial charge on any atom is 0.263 e. The number of aryl methyl sites for hydroxylation is 1. The van der Waals surface area contributed by atoms with Crippen LogP contribution < -0.4 is 9.64 Å². The SMILES string of the molecule is Cc1cc(N2CCN(C(=O)[C@H](C)Oc3ccccc3)CC2)nc(C(C)C)n1. The maximum absolute atomic E-state index is 12.7. The maximum atomic E-state index is 12.7. The highest BCUT2D eigenvalue weighted by molar-refractivity contribution is 5.81. The fraction of sp³-hybridized carbons (Fsp3) is 0.476. The van der Waals surface area contributed by atoms with Crippen LogP contribution in [0, 0.1) is 6.92 Å². The first-order valence-corrected chi connectivity index (χ1v) is 9.55. The fourth-order valence-electron chi connectivity index (χ4n) is 3.16. The van der Waals surface area contributed by atoms with Crippen molar-refractivity contribution < 1.29 is 9.53 Å². The van der Waals surface area contributed by atoms with Gasteiger partial charge in [0.2, 0.25) is 0 Å². The molecule has 0 N–H and O–H groups in total. The molecule has 6 heteroatoms. The second-order valence-corrected chi connectivity index (χ2v) is 7.27.